The number of benzene rings is 1. The van der Waals surface area contributed by atoms with E-state index in [1.54, 1.807) is 11.3 Å². The number of nitrogens with one attached hydrogen (secondary N) is 1. The monoisotopic (exact) mass is 398 g/mol. The zero-order chi connectivity index (χ0) is 19.7. The highest BCUT2D eigenvalue weighted by atomic mass is 32.1. The number of fused-ring (bicyclic) bond motifs is 2. The molecule has 4 rings (SSSR count). The van der Waals surface area contributed by atoms with Crippen LogP contribution in [0.5, 0.6) is 0 Å². The van der Waals surface area contributed by atoms with E-state index in [4.69, 9.17) is 4.74 Å². The van der Waals surface area contributed by atoms with Gasteiger partial charge in [-0.2, -0.15) is 0 Å². The molecule has 5 nitrogen and oxygen atoms in total. The van der Waals surface area contributed by atoms with Crippen molar-refractivity contribution in [3.63, 3.8) is 0 Å². The number of carbonyl (C=O) groups is 2. The molecule has 0 aliphatic carbocycles. The first-order valence-electron chi connectivity index (χ1n) is 9.91. The van der Waals surface area contributed by atoms with Gasteiger partial charge < -0.3 is 15.0 Å². The molecule has 2 aliphatic heterocycles. The van der Waals surface area contributed by atoms with Crippen molar-refractivity contribution in [1.29, 1.82) is 0 Å². The Morgan fingerprint density at radius 2 is 1.89 bits per heavy atom. The van der Waals surface area contributed by atoms with Crippen molar-refractivity contribution in [3.8, 4) is 0 Å². The molecule has 1 N–H and O–H groups in total. The van der Waals surface area contributed by atoms with Crippen LogP contribution in [0.25, 0.3) is 0 Å². The van der Waals surface area contributed by atoms with Crippen LogP contribution in [0, 0.1) is 0 Å². The van der Waals surface area contributed by atoms with Gasteiger partial charge in [0.2, 0.25) is 0 Å². The second-order valence-corrected chi connectivity index (χ2v) is 8.96. The molecule has 28 heavy (non-hydrogen) atoms. The number of hydrogen-bond donors (Lipinski definition) is 1. The van der Waals surface area contributed by atoms with Gasteiger partial charge in [-0.05, 0) is 50.5 Å². The van der Waals surface area contributed by atoms with Crippen LogP contribution in [0.2, 0.25) is 0 Å². The summed E-state index contributed by atoms with van der Waals surface area (Å²) in [7, 11) is 0. The molecule has 1 aromatic carbocycles. The van der Waals surface area contributed by atoms with Crippen molar-refractivity contribution in [2.45, 2.75) is 44.8 Å². The van der Waals surface area contributed by atoms with Gasteiger partial charge in [0.15, 0.2) is 0 Å². The number of nitrogens with zero attached hydrogens (tertiary/aromatic N) is 1. The van der Waals surface area contributed by atoms with Gasteiger partial charge in [-0.3, -0.25) is 9.59 Å². The normalized spacial score (nSPS) is 18.2. The molecule has 3 heterocycles. The number of hydrogen-bond acceptors (Lipinski definition) is 4. The predicted octanol–water partition coefficient (Wildman–Crippen LogP) is 3.59. The molecule has 0 saturated carbocycles. The van der Waals surface area contributed by atoms with Crippen LogP contribution in [-0.2, 0) is 16.8 Å². The Labute approximate surface area is 169 Å². The van der Waals surface area contributed by atoms with Gasteiger partial charge in [0.25, 0.3) is 11.8 Å². The average molecular weight is 399 g/mol. The highest BCUT2D eigenvalue weighted by Gasteiger charge is 2.43. The van der Waals surface area contributed by atoms with E-state index >= 15 is 0 Å². The number of ether oxygens (including phenoxy) is 1. The zero-order valence-electron chi connectivity index (χ0n) is 16.4. The van der Waals surface area contributed by atoms with Crippen molar-refractivity contribution in [2.75, 3.05) is 19.7 Å². The van der Waals surface area contributed by atoms with Crippen LogP contribution in [0.15, 0.2) is 36.4 Å². The lowest BCUT2D eigenvalue weighted by molar-refractivity contribution is -0.0926. The third-order valence-corrected chi connectivity index (χ3v) is 6.72. The van der Waals surface area contributed by atoms with E-state index in [0.29, 0.717) is 19.7 Å². The summed E-state index contributed by atoms with van der Waals surface area (Å²) in [6, 6.07) is 11.6. The Morgan fingerprint density at radius 3 is 2.57 bits per heavy atom. The van der Waals surface area contributed by atoms with Gasteiger partial charge in [-0.15, -0.1) is 11.3 Å². The van der Waals surface area contributed by atoms with Crippen LogP contribution >= 0.6 is 11.3 Å². The summed E-state index contributed by atoms with van der Waals surface area (Å²) in [6.07, 6.45) is 2.38. The Hall–Kier alpha value is -2.18. The molecule has 0 unspecified atom stereocenters. The van der Waals surface area contributed by atoms with Crippen LogP contribution in [0.1, 0.15) is 57.2 Å². The molecule has 0 radical (unpaired) electrons. The van der Waals surface area contributed by atoms with Crippen molar-refractivity contribution < 1.29 is 14.3 Å². The summed E-state index contributed by atoms with van der Waals surface area (Å²) < 4.78 is 6.28. The van der Waals surface area contributed by atoms with Gasteiger partial charge in [-0.1, -0.05) is 18.2 Å². The van der Waals surface area contributed by atoms with E-state index in [9.17, 15) is 9.59 Å². The van der Waals surface area contributed by atoms with E-state index in [1.165, 1.54) is 4.88 Å². The molecule has 2 aliphatic rings. The van der Waals surface area contributed by atoms with E-state index < -0.39 is 0 Å². The first-order valence-corrected chi connectivity index (χ1v) is 10.7. The Kier molecular flexibility index (Phi) is 5.25. The largest absolute Gasteiger partial charge is 0.370 e. The summed E-state index contributed by atoms with van der Waals surface area (Å²) >= 11 is 1.58. The smallest absolute Gasteiger partial charge is 0.261 e. The van der Waals surface area contributed by atoms with Crippen LogP contribution in [0.3, 0.4) is 0 Å². The molecule has 1 spiro atoms. The maximum atomic E-state index is 12.7. The maximum absolute atomic E-state index is 12.7. The van der Waals surface area contributed by atoms with Gasteiger partial charge in [0.05, 0.1) is 17.1 Å². The molecular weight excluding hydrogens is 372 g/mol. The summed E-state index contributed by atoms with van der Waals surface area (Å²) in [6.45, 7) is 5.93. The molecule has 6 heteroatoms. The lowest BCUT2D eigenvalue weighted by Crippen LogP contribution is -2.48. The number of likely N-dealkylation sites (tertiary alicyclic amines) is 1. The maximum Gasteiger partial charge on any atom is 0.261 e. The minimum atomic E-state index is -0.367. The molecule has 0 atom stereocenters. The highest BCUT2D eigenvalue weighted by molar-refractivity contribution is 7.14. The number of thiophene rings is 1. The van der Waals surface area contributed by atoms with Gasteiger partial charge in [0.1, 0.15) is 0 Å². The fourth-order valence-corrected chi connectivity index (χ4v) is 5.24. The van der Waals surface area contributed by atoms with E-state index in [0.717, 1.165) is 35.3 Å². The summed E-state index contributed by atoms with van der Waals surface area (Å²) in [5, 5.41) is 2.98. The van der Waals surface area contributed by atoms with Crippen LogP contribution in [-0.4, -0.2) is 42.5 Å². The first kappa shape index (κ1) is 19.2. The Balaban J connectivity index is 1.51. The summed E-state index contributed by atoms with van der Waals surface area (Å²) in [5.74, 6) is 0.0649. The standard InChI is InChI=1S/C22H26N2O3S/c1-15(2)23-20(25)19-14-17-18(28-19)8-13-27-22(17)9-11-24(12-10-22)21(26)16-6-4-3-5-7-16/h3-7,14-15H,8-13H2,1-2H3,(H,23,25). The Bertz CT molecular complexity index is 867. The number of amides is 2. The Morgan fingerprint density at radius 1 is 1.18 bits per heavy atom. The number of carbonyl (C=O) groups excluding carboxylic acids is 2. The van der Waals surface area contributed by atoms with Gasteiger partial charge in [-0.25, -0.2) is 0 Å². The fourth-order valence-electron chi connectivity index (χ4n) is 4.11. The molecular formula is C22H26N2O3S. The zero-order valence-corrected chi connectivity index (χ0v) is 17.2. The third-order valence-electron chi connectivity index (χ3n) is 5.53. The topological polar surface area (TPSA) is 58.6 Å². The van der Waals surface area contributed by atoms with Gasteiger partial charge in [0, 0.05) is 36.0 Å². The van der Waals surface area contributed by atoms with Crippen LogP contribution in [0.4, 0.5) is 0 Å². The van der Waals surface area contributed by atoms with Crippen molar-refractivity contribution >= 4 is 23.2 Å². The molecule has 1 fully saturated rings. The van der Waals surface area contributed by atoms with Gasteiger partial charge >= 0.3 is 0 Å². The van der Waals surface area contributed by atoms with E-state index in [2.05, 4.69) is 5.32 Å². The number of piperidine rings is 1. The molecule has 0 bridgehead atoms. The lowest BCUT2D eigenvalue weighted by Gasteiger charge is -2.44. The van der Waals surface area contributed by atoms with E-state index in [-0.39, 0.29) is 23.5 Å². The van der Waals surface area contributed by atoms with Crippen molar-refractivity contribution in [1.82, 2.24) is 10.2 Å². The molecule has 2 amide bonds. The number of rotatable bonds is 3. The molecule has 148 valence electrons. The van der Waals surface area contributed by atoms with E-state index in [1.807, 2.05) is 55.1 Å². The summed E-state index contributed by atoms with van der Waals surface area (Å²) in [5.41, 5.74) is 1.52. The minimum Gasteiger partial charge on any atom is -0.370 e. The minimum absolute atomic E-state index is 0.0127. The third kappa shape index (κ3) is 3.59. The second kappa shape index (κ2) is 7.68. The fraction of sp³-hybridized carbons (Fsp3) is 0.455. The summed E-state index contributed by atoms with van der Waals surface area (Å²) in [4.78, 5) is 29.1. The quantitative estimate of drug-likeness (QED) is 0.860. The molecule has 1 saturated heterocycles. The predicted molar refractivity (Wildman–Crippen MR) is 110 cm³/mol. The van der Waals surface area contributed by atoms with Crippen LogP contribution < -0.4 is 5.32 Å². The molecule has 2 aromatic rings. The molecule has 1 aromatic heterocycles. The first-order chi connectivity index (χ1) is 13.5. The average Bonchev–Trinajstić information content (AvgIpc) is 3.15. The highest BCUT2D eigenvalue weighted by Crippen LogP contribution is 2.44. The van der Waals surface area contributed by atoms with Crippen molar-refractivity contribution in [2.24, 2.45) is 0 Å². The SMILES string of the molecule is CC(C)NC(=O)c1cc2c(s1)CCOC21CCN(C(=O)c2ccccc2)CC1. The lowest BCUT2D eigenvalue weighted by atomic mass is 9.82. The second-order valence-electron chi connectivity index (χ2n) is 7.83. The van der Waals surface area contributed by atoms with Crippen molar-refractivity contribution in [3.05, 3.63) is 57.3 Å².